The van der Waals surface area contributed by atoms with Gasteiger partial charge in [0.25, 0.3) is 0 Å². The summed E-state index contributed by atoms with van der Waals surface area (Å²) in [5.74, 6) is 0. The van der Waals surface area contributed by atoms with E-state index in [1.807, 2.05) is 0 Å². The van der Waals surface area contributed by atoms with Crippen LogP contribution in [0.2, 0.25) is 52.4 Å². The minimum atomic E-state index is -0.542. The van der Waals surface area contributed by atoms with E-state index < -0.39 is 35.8 Å². The first-order chi connectivity index (χ1) is 6.25. The number of hydrogen-bond acceptors (Lipinski definition) is 0. The van der Waals surface area contributed by atoms with Crippen LogP contribution in [0.1, 0.15) is 0 Å². The number of hydrogen-bond donors (Lipinski definition) is 0. The Morgan fingerprint density at radius 1 is 0.467 bits per heavy atom. The maximum absolute atomic E-state index is 4.56. The standard InChI is InChI=1S/2C4H14NSi2.Y/c2*1-6(2)5-7(3)4;/h2*6-7H,1-4H3;/q2*-1;. The van der Waals surface area contributed by atoms with Gasteiger partial charge in [-0.1, -0.05) is 88.2 Å². The molecule has 0 fully saturated rings. The first kappa shape index (κ1) is 22.1. The van der Waals surface area contributed by atoms with Crippen molar-refractivity contribution < 1.29 is 32.7 Å². The van der Waals surface area contributed by atoms with E-state index in [-0.39, 0.29) is 32.7 Å². The van der Waals surface area contributed by atoms with Crippen LogP contribution < -0.4 is 0 Å². The largest absolute Gasteiger partial charge is 0.672 e. The summed E-state index contributed by atoms with van der Waals surface area (Å²) in [6, 6.07) is 0. The minimum Gasteiger partial charge on any atom is -0.672 e. The molecule has 2 nitrogen and oxygen atoms in total. The van der Waals surface area contributed by atoms with Crippen LogP contribution in [0, 0.1) is 0 Å². The molecule has 0 saturated heterocycles. The third-order valence-electron chi connectivity index (χ3n) is 1.19. The molecule has 0 aliphatic rings. The fourth-order valence-corrected chi connectivity index (χ4v) is 10.7. The van der Waals surface area contributed by atoms with Gasteiger partial charge in [0.05, 0.1) is 0 Å². The average molecular weight is 354 g/mol. The zero-order chi connectivity index (χ0) is 11.7. The molecule has 0 amide bonds. The predicted molar refractivity (Wildman–Crippen MR) is 82.2 cm³/mol. The molecule has 15 heavy (non-hydrogen) atoms. The second-order valence-corrected chi connectivity index (χ2v) is 15.8. The van der Waals surface area contributed by atoms with Crippen LogP contribution in [0.15, 0.2) is 0 Å². The first-order valence-electron chi connectivity index (χ1n) is 5.65. The van der Waals surface area contributed by atoms with E-state index in [1.54, 1.807) is 0 Å². The smallest absolute Gasteiger partial charge is 0 e. The molecule has 7 heteroatoms. The van der Waals surface area contributed by atoms with Crippen molar-refractivity contribution in [1.29, 1.82) is 0 Å². The minimum absolute atomic E-state index is 0. The SMILES string of the molecule is C[SiH](C)[N-][SiH](C)C.C[SiH](C)[N-][SiH](C)C.[Y]. The molecule has 91 valence electrons. The number of rotatable bonds is 4. The summed E-state index contributed by atoms with van der Waals surface area (Å²) >= 11 is 0. The van der Waals surface area contributed by atoms with Gasteiger partial charge < -0.3 is 9.30 Å². The Morgan fingerprint density at radius 3 is 0.600 bits per heavy atom. The monoisotopic (exact) mass is 353 g/mol. The zero-order valence-electron chi connectivity index (χ0n) is 11.8. The molecule has 0 heterocycles. The summed E-state index contributed by atoms with van der Waals surface area (Å²) in [4.78, 5) is 0. The van der Waals surface area contributed by atoms with Crippen LogP contribution in [0.4, 0.5) is 0 Å². The molecule has 0 rings (SSSR count). The van der Waals surface area contributed by atoms with Gasteiger partial charge in [0.1, 0.15) is 0 Å². The fourth-order valence-electron chi connectivity index (χ4n) is 1.19. The normalized spacial score (nSPS) is 10.4. The molecule has 0 atom stereocenters. The van der Waals surface area contributed by atoms with Crippen molar-refractivity contribution >= 4 is 35.8 Å². The summed E-state index contributed by atoms with van der Waals surface area (Å²) in [5, 5.41) is 0. The van der Waals surface area contributed by atoms with Gasteiger partial charge >= 0.3 is 0 Å². The Hall–Kier alpha value is 1.89. The van der Waals surface area contributed by atoms with Crippen molar-refractivity contribution in [2.75, 3.05) is 0 Å². The van der Waals surface area contributed by atoms with E-state index in [1.165, 1.54) is 0 Å². The van der Waals surface area contributed by atoms with Crippen LogP contribution >= 0.6 is 0 Å². The third-order valence-corrected chi connectivity index (χ3v) is 10.7. The Balaban J connectivity index is -0.000000180. The summed E-state index contributed by atoms with van der Waals surface area (Å²) in [6.45, 7) is 18.2. The Morgan fingerprint density at radius 2 is 0.600 bits per heavy atom. The van der Waals surface area contributed by atoms with Crippen LogP contribution in [0.25, 0.3) is 9.30 Å². The fraction of sp³-hybridized carbons (Fsp3) is 1.00. The summed E-state index contributed by atoms with van der Waals surface area (Å²) in [6.07, 6.45) is 0. The molecule has 0 saturated carbocycles. The van der Waals surface area contributed by atoms with Crippen molar-refractivity contribution in [3.05, 3.63) is 9.30 Å². The molecular formula is C8H28N2Si4Y-2. The summed E-state index contributed by atoms with van der Waals surface area (Å²) in [7, 11) is -2.17. The maximum Gasteiger partial charge on any atom is 0 e. The number of nitrogens with zero attached hydrogens (tertiary/aromatic N) is 2. The van der Waals surface area contributed by atoms with Crippen LogP contribution in [-0.4, -0.2) is 35.8 Å². The summed E-state index contributed by atoms with van der Waals surface area (Å²) < 4.78 is 9.11. The van der Waals surface area contributed by atoms with E-state index in [4.69, 9.17) is 0 Å². The van der Waals surface area contributed by atoms with Gasteiger partial charge in [-0.25, -0.2) is 0 Å². The Bertz CT molecular complexity index is 97.2. The van der Waals surface area contributed by atoms with E-state index >= 15 is 0 Å². The van der Waals surface area contributed by atoms with Gasteiger partial charge in [-0.2, -0.15) is 0 Å². The molecule has 0 aromatic carbocycles. The molecule has 0 aromatic rings. The van der Waals surface area contributed by atoms with Crippen molar-refractivity contribution in [2.45, 2.75) is 52.4 Å². The van der Waals surface area contributed by atoms with Crippen LogP contribution in [0.5, 0.6) is 0 Å². The molecule has 0 N–H and O–H groups in total. The second kappa shape index (κ2) is 14.0. The topological polar surface area (TPSA) is 28.2 Å². The van der Waals surface area contributed by atoms with Crippen molar-refractivity contribution in [3.63, 3.8) is 0 Å². The Labute approximate surface area is 129 Å². The zero-order valence-corrected chi connectivity index (χ0v) is 19.2. The molecule has 0 aliphatic heterocycles. The van der Waals surface area contributed by atoms with Crippen LogP contribution in [0.3, 0.4) is 0 Å². The predicted octanol–water partition coefficient (Wildman–Crippen LogP) is 2.65. The average Bonchev–Trinajstić information content (AvgIpc) is 1.79. The second-order valence-electron chi connectivity index (χ2n) is 4.67. The van der Waals surface area contributed by atoms with Gasteiger partial charge in [0, 0.05) is 32.7 Å². The van der Waals surface area contributed by atoms with Gasteiger partial charge in [-0.15, -0.1) is 0 Å². The molecule has 0 unspecified atom stereocenters. The van der Waals surface area contributed by atoms with Gasteiger partial charge in [0.2, 0.25) is 0 Å². The van der Waals surface area contributed by atoms with Crippen molar-refractivity contribution in [2.24, 2.45) is 0 Å². The molecule has 0 spiro atoms. The molecule has 1 radical (unpaired) electrons. The van der Waals surface area contributed by atoms with Gasteiger partial charge in [-0.3, -0.25) is 0 Å². The van der Waals surface area contributed by atoms with Gasteiger partial charge in [-0.05, 0) is 0 Å². The van der Waals surface area contributed by atoms with E-state index in [2.05, 4.69) is 61.7 Å². The first-order valence-corrected chi connectivity index (χ1v) is 17.0. The molecule has 0 bridgehead atoms. The van der Waals surface area contributed by atoms with Crippen LogP contribution in [-0.2, 0) is 32.7 Å². The van der Waals surface area contributed by atoms with E-state index in [0.29, 0.717) is 0 Å². The summed E-state index contributed by atoms with van der Waals surface area (Å²) in [5.41, 5.74) is 0. The van der Waals surface area contributed by atoms with Crippen molar-refractivity contribution in [1.82, 2.24) is 0 Å². The van der Waals surface area contributed by atoms with Gasteiger partial charge in [0.15, 0.2) is 0 Å². The van der Waals surface area contributed by atoms with E-state index in [9.17, 15) is 0 Å². The molecular weight excluding hydrogens is 325 g/mol. The third kappa shape index (κ3) is 31.3. The van der Waals surface area contributed by atoms with E-state index in [0.717, 1.165) is 0 Å². The molecule has 0 aliphatic carbocycles. The quantitative estimate of drug-likeness (QED) is 0.695. The molecule has 0 aromatic heterocycles. The Kier molecular flexibility index (Phi) is 20.6. The van der Waals surface area contributed by atoms with Crippen molar-refractivity contribution in [3.8, 4) is 0 Å². The maximum atomic E-state index is 4.56.